The average Bonchev–Trinajstić information content (AvgIpc) is 3.28. The lowest BCUT2D eigenvalue weighted by molar-refractivity contribution is -0.302. The standard InChI is InChI=1S/C41H77NO9.C6H12O6/c1-4-6-8-10-12-13-14-15-16-18-20-24-29-35(45)40(49)42-33(31-50-41-39(48)38(47)37(46)36(30-43)51-41)34(44)28-25-21-23-27-32(3)26-22-19-17-11-9-7-5-2;7-1-3(9)5(11)6(12)4(10)2-8/h25,27-28,33-39,41,43-48H,4-24,26,29-31H2,1-3H3,(H,42,49);1,3-6,8-12H,2H2/b28-25+,32-27+;/t33-,34+,35+,36+,37+,38-,39+,41+;3-,4+,5+,6+/m00/s1. The van der Waals surface area contributed by atoms with Crippen LogP contribution < -0.4 is 5.32 Å². The lowest BCUT2D eigenvalue weighted by atomic mass is 9.99. The molecule has 0 aromatic rings. The predicted molar refractivity (Wildman–Crippen MR) is 241 cm³/mol. The van der Waals surface area contributed by atoms with Gasteiger partial charge in [0, 0.05) is 0 Å². The van der Waals surface area contributed by atoms with E-state index in [-0.39, 0.29) is 12.9 Å². The number of unbranched alkanes of at least 4 members (excludes halogenated alkanes) is 18. The quantitative estimate of drug-likeness (QED) is 0.0242. The average molecular weight is 908 g/mol. The third-order valence-corrected chi connectivity index (χ3v) is 11.4. The largest absolute Gasteiger partial charge is 0.394 e. The Bertz CT molecular complexity index is 1160. The first-order valence-electron chi connectivity index (χ1n) is 23.9. The lowest BCUT2D eigenvalue weighted by Gasteiger charge is -2.40. The van der Waals surface area contributed by atoms with E-state index < -0.39 is 92.5 Å². The highest BCUT2D eigenvalue weighted by molar-refractivity contribution is 5.80. The van der Waals surface area contributed by atoms with Gasteiger partial charge in [-0.1, -0.05) is 153 Å². The molecule has 1 heterocycles. The maximum atomic E-state index is 13.0. The Morgan fingerprint density at radius 1 is 0.683 bits per heavy atom. The van der Waals surface area contributed by atoms with E-state index in [4.69, 9.17) is 35.0 Å². The summed E-state index contributed by atoms with van der Waals surface area (Å²) in [7, 11) is 0. The topological polar surface area (TPSA) is 287 Å². The van der Waals surface area contributed by atoms with Gasteiger partial charge in [0.15, 0.2) is 12.6 Å². The van der Waals surface area contributed by atoms with E-state index in [0.717, 1.165) is 32.1 Å². The number of nitrogens with one attached hydrogen (secondary N) is 1. The second-order valence-corrected chi connectivity index (χ2v) is 17.1. The molecular weight excluding hydrogens is 819 g/mol. The number of aliphatic hydroxyl groups is 11. The molecule has 1 saturated heterocycles. The predicted octanol–water partition coefficient (Wildman–Crippen LogP) is 3.15. The molecule has 372 valence electrons. The maximum absolute atomic E-state index is 13.0. The molecule has 1 aliphatic heterocycles. The highest BCUT2D eigenvalue weighted by Crippen LogP contribution is 2.23. The molecule has 16 nitrogen and oxygen atoms in total. The zero-order valence-electron chi connectivity index (χ0n) is 38.7. The summed E-state index contributed by atoms with van der Waals surface area (Å²) in [4.78, 5) is 22.9. The van der Waals surface area contributed by atoms with Crippen LogP contribution in [-0.4, -0.2) is 162 Å². The zero-order chi connectivity index (χ0) is 47.4. The van der Waals surface area contributed by atoms with E-state index in [0.29, 0.717) is 19.3 Å². The van der Waals surface area contributed by atoms with Gasteiger partial charge in [-0.25, -0.2) is 0 Å². The van der Waals surface area contributed by atoms with Crippen LogP contribution >= 0.6 is 0 Å². The SMILES string of the molecule is CCCCCCCCCCCCCC[C@@H](O)C(=O)N[C@@H](CO[C@@H]1O[C@H](CO)[C@@H](O)[C@H](O)[C@H]1O)[C@H](O)/C=C/CC/C=C(\C)CCCCCCCCC.O=C[C@H](O)[C@@H](O)[C@H](O)[C@H](O)CO. The number of rotatable bonds is 37. The van der Waals surface area contributed by atoms with Crippen LogP contribution in [0.25, 0.3) is 0 Å². The number of hydrogen-bond donors (Lipinski definition) is 12. The molecule has 0 aromatic carbocycles. The van der Waals surface area contributed by atoms with Gasteiger partial charge in [0.25, 0.3) is 0 Å². The van der Waals surface area contributed by atoms with Crippen molar-refractivity contribution < 1.29 is 75.2 Å². The van der Waals surface area contributed by atoms with Crippen LogP contribution in [0.2, 0.25) is 0 Å². The third-order valence-electron chi connectivity index (χ3n) is 11.4. The van der Waals surface area contributed by atoms with Crippen molar-refractivity contribution in [2.45, 2.75) is 242 Å². The third kappa shape index (κ3) is 28.7. The highest BCUT2D eigenvalue weighted by atomic mass is 16.7. The first kappa shape index (κ1) is 61.1. The first-order valence-corrected chi connectivity index (χ1v) is 23.9. The summed E-state index contributed by atoms with van der Waals surface area (Å²) in [6, 6.07) is -0.993. The van der Waals surface area contributed by atoms with E-state index >= 15 is 0 Å². The molecule has 0 aliphatic carbocycles. The van der Waals surface area contributed by atoms with Crippen molar-refractivity contribution in [2.75, 3.05) is 19.8 Å². The fourth-order valence-electron chi connectivity index (χ4n) is 7.09. The molecule has 1 fully saturated rings. The molecule has 0 unspecified atom stereocenters. The minimum atomic E-state index is -1.79. The number of amides is 1. The number of aldehydes is 1. The number of aliphatic hydroxyl groups excluding tert-OH is 11. The Balaban J connectivity index is 0.00000277. The van der Waals surface area contributed by atoms with Crippen LogP contribution in [0.1, 0.15) is 168 Å². The number of allylic oxidation sites excluding steroid dienone is 3. The fraction of sp³-hybridized carbons (Fsp3) is 0.872. The van der Waals surface area contributed by atoms with Gasteiger partial charge < -0.3 is 75.8 Å². The van der Waals surface area contributed by atoms with Crippen LogP contribution in [0.15, 0.2) is 23.8 Å². The Hall–Kier alpha value is -1.90. The van der Waals surface area contributed by atoms with Gasteiger partial charge in [-0.05, 0) is 39.0 Å². The van der Waals surface area contributed by atoms with E-state index in [1.165, 1.54) is 102 Å². The summed E-state index contributed by atoms with van der Waals surface area (Å²) < 4.78 is 11.1. The normalized spacial score (nSPS) is 22.7. The smallest absolute Gasteiger partial charge is 0.249 e. The molecule has 1 rings (SSSR count). The van der Waals surface area contributed by atoms with Crippen molar-refractivity contribution in [3.05, 3.63) is 23.8 Å². The summed E-state index contributed by atoms with van der Waals surface area (Å²) >= 11 is 0. The molecule has 12 atom stereocenters. The van der Waals surface area contributed by atoms with E-state index in [9.17, 15) is 40.2 Å². The van der Waals surface area contributed by atoms with Crippen LogP contribution in [0.5, 0.6) is 0 Å². The van der Waals surface area contributed by atoms with E-state index in [1.54, 1.807) is 6.08 Å². The number of hydrogen-bond acceptors (Lipinski definition) is 15. The lowest BCUT2D eigenvalue weighted by Crippen LogP contribution is -2.60. The van der Waals surface area contributed by atoms with Crippen molar-refractivity contribution in [3.63, 3.8) is 0 Å². The van der Waals surface area contributed by atoms with Gasteiger partial charge in [0.2, 0.25) is 5.91 Å². The van der Waals surface area contributed by atoms with Crippen molar-refractivity contribution in [1.82, 2.24) is 5.32 Å². The molecule has 0 aromatic heterocycles. The first-order chi connectivity index (χ1) is 30.2. The molecular formula is C47H89NO15. The minimum Gasteiger partial charge on any atom is -0.394 e. The second kappa shape index (κ2) is 39.3. The summed E-state index contributed by atoms with van der Waals surface area (Å²) in [6.45, 7) is 4.94. The molecule has 16 heteroatoms. The van der Waals surface area contributed by atoms with Gasteiger partial charge >= 0.3 is 0 Å². The molecule has 1 aliphatic rings. The number of carbonyl (C=O) groups is 2. The summed E-state index contributed by atoms with van der Waals surface area (Å²) in [5.41, 5.74) is 1.36. The molecule has 0 bridgehead atoms. The van der Waals surface area contributed by atoms with Gasteiger partial charge in [-0.2, -0.15) is 0 Å². The Morgan fingerprint density at radius 3 is 1.71 bits per heavy atom. The molecule has 0 spiro atoms. The number of carbonyl (C=O) groups excluding carboxylic acids is 2. The monoisotopic (exact) mass is 908 g/mol. The highest BCUT2D eigenvalue weighted by Gasteiger charge is 2.44. The van der Waals surface area contributed by atoms with Gasteiger partial charge in [-0.3, -0.25) is 4.79 Å². The van der Waals surface area contributed by atoms with Crippen molar-refractivity contribution in [2.24, 2.45) is 0 Å². The van der Waals surface area contributed by atoms with Crippen molar-refractivity contribution in [3.8, 4) is 0 Å². The summed E-state index contributed by atoms with van der Waals surface area (Å²) in [6.07, 6.45) is 15.2. The second-order valence-electron chi connectivity index (χ2n) is 17.1. The maximum Gasteiger partial charge on any atom is 0.249 e. The molecule has 0 saturated carbocycles. The van der Waals surface area contributed by atoms with Gasteiger partial charge in [0.05, 0.1) is 32.0 Å². The van der Waals surface area contributed by atoms with E-state index in [1.807, 2.05) is 6.08 Å². The number of ether oxygens (including phenoxy) is 2. The van der Waals surface area contributed by atoms with Gasteiger partial charge in [0.1, 0.15) is 54.9 Å². The Morgan fingerprint density at radius 2 is 1.21 bits per heavy atom. The Labute approximate surface area is 377 Å². The molecule has 12 N–H and O–H groups in total. The van der Waals surface area contributed by atoms with Crippen molar-refractivity contribution in [1.29, 1.82) is 0 Å². The fourth-order valence-corrected chi connectivity index (χ4v) is 7.09. The van der Waals surface area contributed by atoms with Crippen molar-refractivity contribution >= 4 is 12.2 Å². The zero-order valence-corrected chi connectivity index (χ0v) is 38.7. The van der Waals surface area contributed by atoms with Gasteiger partial charge in [-0.15, -0.1) is 0 Å². The van der Waals surface area contributed by atoms with Crippen LogP contribution in [0.3, 0.4) is 0 Å². The summed E-state index contributed by atoms with van der Waals surface area (Å²) in [5, 5.41) is 108. The minimum absolute atomic E-state index is 0.0258. The molecule has 0 radical (unpaired) electrons. The van der Waals surface area contributed by atoms with Crippen LogP contribution in [-0.2, 0) is 19.1 Å². The van der Waals surface area contributed by atoms with Crippen LogP contribution in [0, 0.1) is 0 Å². The van der Waals surface area contributed by atoms with E-state index in [2.05, 4.69) is 32.2 Å². The van der Waals surface area contributed by atoms with Crippen LogP contribution in [0.4, 0.5) is 0 Å². The Kier molecular flexibility index (Phi) is 38.1. The summed E-state index contributed by atoms with van der Waals surface area (Å²) in [5.74, 6) is -0.628. The molecule has 1 amide bonds. The molecule has 63 heavy (non-hydrogen) atoms.